The van der Waals surface area contributed by atoms with Gasteiger partial charge in [-0.25, -0.2) is 0 Å². The summed E-state index contributed by atoms with van der Waals surface area (Å²) in [5.74, 6) is 1.08. The van der Waals surface area contributed by atoms with E-state index in [1.54, 1.807) is 5.57 Å². The molecule has 2 bridgehead atoms. The second-order valence-corrected chi connectivity index (χ2v) is 3.04. The fraction of sp³-hybridized carbons (Fsp3) is 0.750. The number of rotatable bonds is 0. The minimum absolute atomic E-state index is 0. The van der Waals surface area contributed by atoms with E-state index in [1.807, 2.05) is 0 Å². The van der Waals surface area contributed by atoms with Crippen molar-refractivity contribution < 1.29 is 0 Å². The van der Waals surface area contributed by atoms with Crippen LogP contribution < -0.4 is 0 Å². The van der Waals surface area contributed by atoms with E-state index in [9.17, 15) is 0 Å². The van der Waals surface area contributed by atoms with E-state index in [0.717, 1.165) is 5.92 Å². The first-order valence-electron chi connectivity index (χ1n) is 3.63. The minimum atomic E-state index is 0. The van der Waals surface area contributed by atoms with Crippen LogP contribution in [0, 0.1) is 5.92 Å². The maximum atomic E-state index is 2.46. The summed E-state index contributed by atoms with van der Waals surface area (Å²) >= 11 is 0. The zero-order chi connectivity index (χ0) is 5.40. The molecule has 0 nitrogen and oxygen atoms in total. The molecule has 0 atom stereocenters. The molecule has 0 aliphatic heterocycles. The number of hydrogen-bond acceptors (Lipinski definition) is 0. The molecule has 0 aromatic carbocycles. The molecule has 46 valence electrons. The van der Waals surface area contributed by atoms with Gasteiger partial charge in [-0.3, -0.25) is 0 Å². The summed E-state index contributed by atoms with van der Waals surface area (Å²) in [6.45, 7) is 0. The van der Waals surface area contributed by atoms with Gasteiger partial charge in [0.25, 0.3) is 0 Å². The predicted octanol–water partition coefficient (Wildman–Crippen LogP) is 1.75. The Labute approximate surface area is 107 Å². The van der Waals surface area contributed by atoms with E-state index in [1.165, 1.54) is 32.1 Å². The molecule has 0 amide bonds. The average molecular weight is 154 g/mol. The predicted molar refractivity (Wildman–Crippen MR) is 46.2 cm³/mol. The van der Waals surface area contributed by atoms with Crippen molar-refractivity contribution >= 4 is 59.1 Å². The summed E-state index contributed by atoms with van der Waals surface area (Å²) in [6.07, 6.45) is 9.68. The Kier molecular flexibility index (Phi) is 6.34. The SMILES string of the molecule is C1=C2CCC(C1)CC2.[Na].[Na]. The van der Waals surface area contributed by atoms with Crippen molar-refractivity contribution in [1.29, 1.82) is 0 Å². The molecule has 0 heterocycles. The van der Waals surface area contributed by atoms with Crippen LogP contribution in [0.2, 0.25) is 0 Å². The van der Waals surface area contributed by atoms with Crippen molar-refractivity contribution in [2.45, 2.75) is 32.1 Å². The summed E-state index contributed by atoms with van der Waals surface area (Å²) in [5, 5.41) is 0. The molecule has 0 aromatic rings. The van der Waals surface area contributed by atoms with Crippen molar-refractivity contribution in [3.05, 3.63) is 11.6 Å². The molecule has 1 fully saturated rings. The third kappa shape index (κ3) is 2.66. The summed E-state index contributed by atoms with van der Waals surface area (Å²) in [6, 6.07) is 0. The molecule has 1 saturated carbocycles. The number of allylic oxidation sites excluding steroid dienone is 2. The third-order valence-corrected chi connectivity index (χ3v) is 2.49. The molecule has 2 heteroatoms. The smallest absolute Gasteiger partial charge is 0 e. The first-order chi connectivity index (χ1) is 3.95. The van der Waals surface area contributed by atoms with Gasteiger partial charge in [-0.15, -0.1) is 0 Å². The standard InChI is InChI=1S/C8H12.2Na/c1-2-8-5-3-7(1)4-6-8;;/h1,8H,2-6H2;;. The van der Waals surface area contributed by atoms with Crippen molar-refractivity contribution in [2.24, 2.45) is 5.92 Å². The van der Waals surface area contributed by atoms with Crippen LogP contribution in [0.4, 0.5) is 0 Å². The van der Waals surface area contributed by atoms with E-state index in [4.69, 9.17) is 0 Å². The van der Waals surface area contributed by atoms with Gasteiger partial charge in [0, 0.05) is 59.1 Å². The van der Waals surface area contributed by atoms with E-state index in [0.29, 0.717) is 0 Å². The van der Waals surface area contributed by atoms with Crippen LogP contribution in [0.5, 0.6) is 0 Å². The van der Waals surface area contributed by atoms with Gasteiger partial charge in [0.15, 0.2) is 0 Å². The van der Waals surface area contributed by atoms with Gasteiger partial charge >= 0.3 is 0 Å². The fourth-order valence-electron chi connectivity index (χ4n) is 1.82. The number of fused-ring (bicyclic) bond motifs is 3. The Bertz CT molecular complexity index is 119. The summed E-state index contributed by atoms with van der Waals surface area (Å²) in [7, 11) is 0. The van der Waals surface area contributed by atoms with Crippen LogP contribution in [-0.2, 0) is 0 Å². The molecule has 3 aliphatic carbocycles. The normalized spacial score (nSPS) is 22.6. The van der Waals surface area contributed by atoms with Gasteiger partial charge in [-0.1, -0.05) is 11.6 Å². The van der Waals surface area contributed by atoms with Gasteiger partial charge in [0.1, 0.15) is 0 Å². The van der Waals surface area contributed by atoms with E-state index < -0.39 is 0 Å². The van der Waals surface area contributed by atoms with Crippen molar-refractivity contribution in [2.75, 3.05) is 0 Å². The Morgan fingerprint density at radius 1 is 1.10 bits per heavy atom. The van der Waals surface area contributed by atoms with E-state index >= 15 is 0 Å². The third-order valence-electron chi connectivity index (χ3n) is 2.49. The summed E-state index contributed by atoms with van der Waals surface area (Å²) in [5.41, 5.74) is 1.74. The van der Waals surface area contributed by atoms with Gasteiger partial charge in [0.2, 0.25) is 0 Å². The molecule has 0 saturated heterocycles. The monoisotopic (exact) mass is 154 g/mol. The van der Waals surface area contributed by atoms with E-state index in [-0.39, 0.29) is 59.1 Å². The van der Waals surface area contributed by atoms with Crippen LogP contribution in [-0.4, -0.2) is 59.1 Å². The molecule has 2 radical (unpaired) electrons. The maximum absolute atomic E-state index is 2.46. The van der Waals surface area contributed by atoms with Gasteiger partial charge in [-0.05, 0) is 38.0 Å². The molecule has 0 spiro atoms. The second-order valence-electron chi connectivity index (χ2n) is 3.04. The summed E-state index contributed by atoms with van der Waals surface area (Å²) in [4.78, 5) is 0. The molecule has 3 rings (SSSR count). The minimum Gasteiger partial charge on any atom is -0.0851 e. The van der Waals surface area contributed by atoms with Crippen molar-refractivity contribution in [3.8, 4) is 0 Å². The molecular formula is C8H12Na2. The van der Waals surface area contributed by atoms with Crippen LogP contribution in [0.25, 0.3) is 0 Å². The second kappa shape index (κ2) is 5.40. The Balaban J connectivity index is 0.000000405. The summed E-state index contributed by atoms with van der Waals surface area (Å²) < 4.78 is 0. The maximum Gasteiger partial charge on any atom is 0 e. The molecule has 0 unspecified atom stereocenters. The Morgan fingerprint density at radius 3 is 1.80 bits per heavy atom. The largest absolute Gasteiger partial charge is 0.0851 e. The Morgan fingerprint density at radius 2 is 1.70 bits per heavy atom. The van der Waals surface area contributed by atoms with Crippen molar-refractivity contribution in [3.63, 3.8) is 0 Å². The fourth-order valence-corrected chi connectivity index (χ4v) is 1.82. The van der Waals surface area contributed by atoms with Gasteiger partial charge < -0.3 is 0 Å². The number of hydrogen-bond donors (Lipinski definition) is 0. The average Bonchev–Trinajstić information content (AvgIpc) is 1.92. The molecule has 3 aliphatic rings. The molecule has 0 N–H and O–H groups in total. The van der Waals surface area contributed by atoms with Crippen LogP contribution in [0.3, 0.4) is 0 Å². The Hall–Kier alpha value is 1.74. The van der Waals surface area contributed by atoms with Gasteiger partial charge in [0.05, 0.1) is 0 Å². The van der Waals surface area contributed by atoms with Crippen molar-refractivity contribution in [1.82, 2.24) is 0 Å². The zero-order valence-electron chi connectivity index (χ0n) is 7.19. The van der Waals surface area contributed by atoms with Gasteiger partial charge in [-0.2, -0.15) is 0 Å². The topological polar surface area (TPSA) is 0 Å². The molecule has 10 heavy (non-hydrogen) atoms. The van der Waals surface area contributed by atoms with Crippen LogP contribution in [0.15, 0.2) is 11.6 Å². The van der Waals surface area contributed by atoms with Crippen LogP contribution in [0.1, 0.15) is 32.1 Å². The van der Waals surface area contributed by atoms with E-state index in [2.05, 4.69) is 6.08 Å². The first kappa shape index (κ1) is 11.7. The van der Waals surface area contributed by atoms with Crippen LogP contribution >= 0.6 is 0 Å². The molecule has 0 aromatic heterocycles. The zero-order valence-corrected chi connectivity index (χ0v) is 11.2. The first-order valence-corrected chi connectivity index (χ1v) is 3.63. The molecular weight excluding hydrogens is 142 g/mol. The quantitative estimate of drug-likeness (QED) is 0.368.